The molecule has 2 N–H and O–H groups in total. The average molecular weight is 266 g/mol. The number of fused-ring (bicyclic) bond motifs is 1. The van der Waals surface area contributed by atoms with Gasteiger partial charge in [-0.3, -0.25) is 0 Å². The maximum Gasteiger partial charge on any atom is 0.334 e. The van der Waals surface area contributed by atoms with Gasteiger partial charge in [0, 0.05) is 6.54 Å². The van der Waals surface area contributed by atoms with Crippen LogP contribution in [0.25, 0.3) is 11.0 Å². The fraction of sp³-hybridized carbons (Fsp3) is 0.0667. The van der Waals surface area contributed by atoms with Gasteiger partial charge in [0.15, 0.2) is 0 Å². The second-order valence-electron chi connectivity index (χ2n) is 4.38. The second kappa shape index (κ2) is 5.44. The van der Waals surface area contributed by atoms with Gasteiger partial charge in [-0.2, -0.15) is 0 Å². The summed E-state index contributed by atoms with van der Waals surface area (Å²) in [6, 6.07) is 17.1. The molecule has 0 unspecified atom stereocenters. The Labute approximate surface area is 116 Å². The maximum atomic E-state index is 11.9. The number of hydrogen-bond acceptors (Lipinski definition) is 2. The Balaban J connectivity index is 1.64. The number of para-hydroxylation sites is 2. The Hall–Kier alpha value is -2.82. The highest BCUT2D eigenvalue weighted by Crippen LogP contribution is 2.09. The van der Waals surface area contributed by atoms with Gasteiger partial charge in [0.05, 0.1) is 11.0 Å². The highest BCUT2D eigenvalue weighted by atomic mass is 16.2. The van der Waals surface area contributed by atoms with E-state index in [9.17, 15) is 4.79 Å². The number of carbonyl (C=O) groups is 1. The SMILES string of the molecule is O=C(NCc1ccccc1)Nn1cnc2ccccc21. The second-order valence-corrected chi connectivity index (χ2v) is 4.38. The van der Waals surface area contributed by atoms with Crippen LogP contribution in [0.5, 0.6) is 0 Å². The van der Waals surface area contributed by atoms with Gasteiger partial charge >= 0.3 is 6.03 Å². The van der Waals surface area contributed by atoms with E-state index in [1.807, 2.05) is 54.6 Å². The van der Waals surface area contributed by atoms with Crippen molar-refractivity contribution >= 4 is 17.1 Å². The van der Waals surface area contributed by atoms with Gasteiger partial charge in [-0.1, -0.05) is 42.5 Å². The van der Waals surface area contributed by atoms with Crippen LogP contribution in [0.2, 0.25) is 0 Å². The highest BCUT2D eigenvalue weighted by molar-refractivity contribution is 5.84. The molecule has 20 heavy (non-hydrogen) atoms. The van der Waals surface area contributed by atoms with E-state index in [1.54, 1.807) is 11.0 Å². The monoisotopic (exact) mass is 266 g/mol. The smallest absolute Gasteiger partial charge is 0.333 e. The molecule has 5 heteroatoms. The third kappa shape index (κ3) is 2.61. The molecule has 0 radical (unpaired) electrons. The molecule has 0 saturated carbocycles. The largest absolute Gasteiger partial charge is 0.334 e. The zero-order valence-electron chi connectivity index (χ0n) is 10.8. The molecule has 0 aliphatic rings. The van der Waals surface area contributed by atoms with Crippen molar-refractivity contribution in [1.29, 1.82) is 0 Å². The van der Waals surface area contributed by atoms with Gasteiger partial charge < -0.3 is 5.32 Å². The topological polar surface area (TPSA) is 59.0 Å². The zero-order valence-corrected chi connectivity index (χ0v) is 10.8. The van der Waals surface area contributed by atoms with Crippen LogP contribution < -0.4 is 10.7 Å². The van der Waals surface area contributed by atoms with Gasteiger partial charge in [-0.05, 0) is 17.7 Å². The molecule has 0 atom stereocenters. The number of nitrogens with zero attached hydrogens (tertiary/aromatic N) is 2. The Morgan fingerprint density at radius 3 is 2.65 bits per heavy atom. The lowest BCUT2D eigenvalue weighted by Crippen LogP contribution is -2.33. The lowest BCUT2D eigenvalue weighted by atomic mass is 10.2. The summed E-state index contributed by atoms with van der Waals surface area (Å²) in [4.78, 5) is 16.1. The molecule has 1 heterocycles. The van der Waals surface area contributed by atoms with Gasteiger partial charge in [-0.25, -0.2) is 19.9 Å². The Bertz CT molecular complexity index is 721. The predicted octanol–water partition coefficient (Wildman–Crippen LogP) is 2.49. The van der Waals surface area contributed by atoms with E-state index in [4.69, 9.17) is 0 Å². The van der Waals surface area contributed by atoms with Crippen LogP contribution in [0.4, 0.5) is 4.79 Å². The first-order valence-electron chi connectivity index (χ1n) is 6.34. The summed E-state index contributed by atoms with van der Waals surface area (Å²) in [5.41, 5.74) is 5.50. The van der Waals surface area contributed by atoms with Gasteiger partial charge in [-0.15, -0.1) is 0 Å². The molecular formula is C15H14N4O. The summed E-state index contributed by atoms with van der Waals surface area (Å²) in [7, 11) is 0. The zero-order chi connectivity index (χ0) is 13.8. The number of nitrogens with one attached hydrogen (secondary N) is 2. The van der Waals surface area contributed by atoms with Crippen LogP contribution in [-0.2, 0) is 6.54 Å². The fourth-order valence-corrected chi connectivity index (χ4v) is 1.98. The van der Waals surface area contributed by atoms with Gasteiger partial charge in [0.2, 0.25) is 0 Å². The highest BCUT2D eigenvalue weighted by Gasteiger charge is 2.05. The number of carbonyl (C=O) groups excluding carboxylic acids is 1. The first-order valence-corrected chi connectivity index (χ1v) is 6.34. The molecule has 2 amide bonds. The van der Waals surface area contributed by atoms with Crippen LogP contribution >= 0.6 is 0 Å². The molecule has 3 rings (SSSR count). The van der Waals surface area contributed by atoms with Crippen molar-refractivity contribution in [1.82, 2.24) is 15.0 Å². The molecule has 0 saturated heterocycles. The Morgan fingerprint density at radius 1 is 1.05 bits per heavy atom. The Kier molecular flexibility index (Phi) is 3.33. The molecule has 0 spiro atoms. The molecule has 100 valence electrons. The van der Waals surface area contributed by atoms with Crippen molar-refractivity contribution in [3.63, 3.8) is 0 Å². The van der Waals surface area contributed by atoms with Crippen molar-refractivity contribution in [3.05, 3.63) is 66.5 Å². The van der Waals surface area contributed by atoms with E-state index in [1.165, 1.54) is 0 Å². The first-order chi connectivity index (χ1) is 9.83. The van der Waals surface area contributed by atoms with Crippen molar-refractivity contribution in [2.75, 3.05) is 5.43 Å². The minimum atomic E-state index is -0.267. The molecule has 3 aromatic rings. The summed E-state index contributed by atoms with van der Waals surface area (Å²) in [6.07, 6.45) is 1.59. The molecule has 5 nitrogen and oxygen atoms in total. The summed E-state index contributed by atoms with van der Waals surface area (Å²) < 4.78 is 1.61. The van der Waals surface area contributed by atoms with Crippen LogP contribution in [0, 0.1) is 0 Å². The summed E-state index contributed by atoms with van der Waals surface area (Å²) >= 11 is 0. The minimum Gasteiger partial charge on any atom is -0.333 e. The lowest BCUT2D eigenvalue weighted by molar-refractivity contribution is 0.249. The van der Waals surface area contributed by atoms with Crippen LogP contribution in [-0.4, -0.2) is 15.7 Å². The number of urea groups is 1. The molecule has 0 fully saturated rings. The number of imidazole rings is 1. The standard InChI is InChI=1S/C15H14N4O/c20-15(16-10-12-6-2-1-3-7-12)18-19-11-17-13-8-4-5-9-14(13)19/h1-9,11H,10H2,(H2,16,18,20). The normalized spacial score (nSPS) is 10.4. The molecular weight excluding hydrogens is 252 g/mol. The van der Waals surface area contributed by atoms with E-state index in [2.05, 4.69) is 15.7 Å². The third-order valence-corrected chi connectivity index (χ3v) is 2.97. The van der Waals surface area contributed by atoms with Crippen molar-refractivity contribution in [2.24, 2.45) is 0 Å². The van der Waals surface area contributed by atoms with Crippen LogP contribution in [0.1, 0.15) is 5.56 Å². The van der Waals surface area contributed by atoms with Crippen LogP contribution in [0.15, 0.2) is 60.9 Å². The summed E-state index contributed by atoms with van der Waals surface area (Å²) in [6.45, 7) is 0.485. The van der Waals surface area contributed by atoms with E-state index in [0.29, 0.717) is 6.54 Å². The molecule has 2 aromatic carbocycles. The van der Waals surface area contributed by atoms with E-state index in [-0.39, 0.29) is 6.03 Å². The van der Waals surface area contributed by atoms with E-state index < -0.39 is 0 Å². The summed E-state index contributed by atoms with van der Waals surface area (Å²) in [5, 5.41) is 2.80. The molecule has 0 aliphatic heterocycles. The maximum absolute atomic E-state index is 11.9. The van der Waals surface area contributed by atoms with Crippen molar-refractivity contribution in [3.8, 4) is 0 Å². The van der Waals surface area contributed by atoms with Crippen molar-refractivity contribution in [2.45, 2.75) is 6.54 Å². The van der Waals surface area contributed by atoms with E-state index in [0.717, 1.165) is 16.6 Å². The Morgan fingerprint density at radius 2 is 1.80 bits per heavy atom. The predicted molar refractivity (Wildman–Crippen MR) is 77.8 cm³/mol. The molecule has 0 bridgehead atoms. The first kappa shape index (κ1) is 12.2. The van der Waals surface area contributed by atoms with Gasteiger partial charge in [0.1, 0.15) is 6.33 Å². The van der Waals surface area contributed by atoms with Crippen LogP contribution in [0.3, 0.4) is 0 Å². The van der Waals surface area contributed by atoms with Gasteiger partial charge in [0.25, 0.3) is 0 Å². The summed E-state index contributed by atoms with van der Waals surface area (Å²) in [5.74, 6) is 0. The number of aromatic nitrogens is 2. The molecule has 1 aromatic heterocycles. The molecule has 0 aliphatic carbocycles. The fourth-order valence-electron chi connectivity index (χ4n) is 1.98. The van der Waals surface area contributed by atoms with Crippen molar-refractivity contribution < 1.29 is 4.79 Å². The average Bonchev–Trinajstić information content (AvgIpc) is 2.90. The van der Waals surface area contributed by atoms with E-state index >= 15 is 0 Å². The minimum absolute atomic E-state index is 0.267. The third-order valence-electron chi connectivity index (χ3n) is 2.97. The number of benzene rings is 2. The number of amides is 2. The number of rotatable bonds is 3. The number of hydrogen-bond donors (Lipinski definition) is 2. The lowest BCUT2D eigenvalue weighted by Gasteiger charge is -2.08. The quantitative estimate of drug-likeness (QED) is 0.765.